The first-order chi connectivity index (χ1) is 10.0. The van der Waals surface area contributed by atoms with Gasteiger partial charge in [0.25, 0.3) is 0 Å². The fourth-order valence-electron chi connectivity index (χ4n) is 2.07. The molecule has 21 heavy (non-hydrogen) atoms. The minimum atomic E-state index is -1.15. The zero-order chi connectivity index (χ0) is 15.4. The molecule has 1 aliphatic rings. The summed E-state index contributed by atoms with van der Waals surface area (Å²) in [6, 6.07) is 2.62. The second kappa shape index (κ2) is 6.31. The van der Waals surface area contributed by atoms with Crippen LogP contribution < -0.4 is 5.32 Å². The molecule has 1 amide bonds. The van der Waals surface area contributed by atoms with Gasteiger partial charge in [-0.15, -0.1) is 12.3 Å². The summed E-state index contributed by atoms with van der Waals surface area (Å²) in [6.07, 6.45) is 8.89. The van der Waals surface area contributed by atoms with Crippen molar-refractivity contribution >= 4 is 18.0 Å². The number of furan rings is 1. The number of carbonyl (C=O) groups is 2. The van der Waals surface area contributed by atoms with Crippen molar-refractivity contribution in [3.63, 3.8) is 0 Å². The number of hydrogen-bond acceptors (Lipinski definition) is 3. The highest BCUT2D eigenvalue weighted by atomic mass is 16.4. The lowest BCUT2D eigenvalue weighted by Crippen LogP contribution is -2.39. The predicted octanol–water partition coefficient (Wildman–Crippen LogP) is 2.01. The van der Waals surface area contributed by atoms with E-state index in [9.17, 15) is 9.59 Å². The monoisotopic (exact) mass is 287 g/mol. The van der Waals surface area contributed by atoms with Gasteiger partial charge >= 0.3 is 5.97 Å². The zero-order valence-corrected chi connectivity index (χ0v) is 11.7. The van der Waals surface area contributed by atoms with E-state index in [1.807, 2.05) is 6.07 Å². The maximum absolute atomic E-state index is 11.6. The van der Waals surface area contributed by atoms with E-state index in [1.54, 1.807) is 6.07 Å². The molecule has 2 rings (SSSR count). The van der Waals surface area contributed by atoms with Gasteiger partial charge in [-0.3, -0.25) is 4.79 Å². The zero-order valence-electron chi connectivity index (χ0n) is 11.7. The van der Waals surface area contributed by atoms with Gasteiger partial charge in [-0.05, 0) is 30.5 Å². The Bertz CT molecular complexity index is 608. The highest BCUT2D eigenvalue weighted by Crippen LogP contribution is 2.47. The molecule has 1 heterocycles. The molecule has 5 heteroatoms. The number of rotatable bonds is 6. The van der Waals surface area contributed by atoms with Crippen molar-refractivity contribution in [3.8, 4) is 12.3 Å². The molecular weight excluding hydrogens is 270 g/mol. The lowest BCUT2D eigenvalue weighted by atomic mass is 10.2. The lowest BCUT2D eigenvalue weighted by Gasteiger charge is -2.09. The Balaban J connectivity index is 1.91. The van der Waals surface area contributed by atoms with Gasteiger partial charge in [0.05, 0.1) is 0 Å². The van der Waals surface area contributed by atoms with Gasteiger partial charge < -0.3 is 14.8 Å². The topological polar surface area (TPSA) is 79.5 Å². The highest BCUT2D eigenvalue weighted by molar-refractivity contribution is 5.94. The summed E-state index contributed by atoms with van der Waals surface area (Å²) >= 11 is 0. The molecule has 1 aliphatic carbocycles. The molecule has 110 valence electrons. The minimum Gasteiger partial charge on any atom is -0.480 e. The second-order valence-electron chi connectivity index (χ2n) is 5.20. The first-order valence-electron chi connectivity index (χ1n) is 6.76. The number of aliphatic carboxylic acids is 1. The molecule has 2 N–H and O–H groups in total. The summed E-state index contributed by atoms with van der Waals surface area (Å²) in [5.74, 6) is 3.17. The standard InChI is InChI=1S/C16H17NO4/c1-3-4-13(16(19)20)17-15(18)8-6-11-5-7-14(21-11)12-9-10(12)2/h1,5-8,10,12-13H,4,9H2,2H3,(H,17,18)(H,19,20)/b8-6+. The summed E-state index contributed by atoms with van der Waals surface area (Å²) in [6.45, 7) is 2.16. The number of terminal acetylenes is 1. The number of carboxylic acids is 1. The average Bonchev–Trinajstić information content (AvgIpc) is 2.99. The summed E-state index contributed by atoms with van der Waals surface area (Å²) in [5, 5.41) is 11.2. The van der Waals surface area contributed by atoms with E-state index < -0.39 is 17.9 Å². The first-order valence-corrected chi connectivity index (χ1v) is 6.76. The van der Waals surface area contributed by atoms with Crippen molar-refractivity contribution in [2.75, 3.05) is 0 Å². The summed E-state index contributed by atoms with van der Waals surface area (Å²) in [7, 11) is 0. The molecule has 1 fully saturated rings. The smallest absolute Gasteiger partial charge is 0.327 e. The Morgan fingerprint density at radius 2 is 2.33 bits per heavy atom. The van der Waals surface area contributed by atoms with Crippen molar-refractivity contribution in [2.24, 2.45) is 5.92 Å². The van der Waals surface area contributed by atoms with Gasteiger partial charge in [-0.25, -0.2) is 4.79 Å². The molecule has 1 aromatic heterocycles. The van der Waals surface area contributed by atoms with Crippen LogP contribution in [0.5, 0.6) is 0 Å². The molecule has 0 aromatic carbocycles. The van der Waals surface area contributed by atoms with Crippen LogP contribution in [-0.2, 0) is 9.59 Å². The van der Waals surface area contributed by atoms with Crippen LogP contribution in [-0.4, -0.2) is 23.0 Å². The molecule has 0 radical (unpaired) electrons. The Labute approximate surface area is 123 Å². The molecule has 0 saturated heterocycles. The lowest BCUT2D eigenvalue weighted by molar-refractivity contribution is -0.141. The third kappa shape index (κ3) is 3.99. The van der Waals surface area contributed by atoms with Crippen LogP contribution in [0.15, 0.2) is 22.6 Å². The van der Waals surface area contributed by atoms with E-state index >= 15 is 0 Å². The van der Waals surface area contributed by atoms with Crippen LogP contribution in [0.2, 0.25) is 0 Å². The van der Waals surface area contributed by atoms with Crippen LogP contribution in [0.4, 0.5) is 0 Å². The van der Waals surface area contributed by atoms with Gasteiger partial charge in [0, 0.05) is 18.4 Å². The van der Waals surface area contributed by atoms with Gasteiger partial charge in [-0.2, -0.15) is 0 Å². The molecule has 0 bridgehead atoms. The number of carbonyl (C=O) groups excluding carboxylic acids is 1. The van der Waals surface area contributed by atoms with Gasteiger partial charge in [0.1, 0.15) is 17.6 Å². The van der Waals surface area contributed by atoms with Gasteiger partial charge in [-0.1, -0.05) is 6.92 Å². The minimum absolute atomic E-state index is 0.0562. The molecule has 0 aliphatic heterocycles. The van der Waals surface area contributed by atoms with Crippen molar-refractivity contribution in [3.05, 3.63) is 29.7 Å². The molecule has 1 aromatic rings. The number of amides is 1. The summed E-state index contributed by atoms with van der Waals surface area (Å²) < 4.78 is 5.61. The van der Waals surface area contributed by atoms with Crippen molar-refractivity contribution in [2.45, 2.75) is 31.7 Å². The van der Waals surface area contributed by atoms with E-state index in [0.717, 1.165) is 12.2 Å². The molecular formula is C16H17NO4. The molecule has 3 unspecified atom stereocenters. The van der Waals surface area contributed by atoms with E-state index in [0.29, 0.717) is 17.6 Å². The van der Waals surface area contributed by atoms with E-state index in [2.05, 4.69) is 18.2 Å². The maximum Gasteiger partial charge on any atom is 0.327 e. The normalized spacial score (nSPS) is 21.7. The highest BCUT2D eigenvalue weighted by Gasteiger charge is 2.36. The Morgan fingerprint density at radius 1 is 1.62 bits per heavy atom. The van der Waals surface area contributed by atoms with Crippen molar-refractivity contribution in [1.29, 1.82) is 0 Å². The second-order valence-corrected chi connectivity index (χ2v) is 5.20. The van der Waals surface area contributed by atoms with Gasteiger partial charge in [0.15, 0.2) is 0 Å². The molecule has 0 spiro atoms. The Morgan fingerprint density at radius 3 is 2.90 bits per heavy atom. The predicted molar refractivity (Wildman–Crippen MR) is 77.3 cm³/mol. The first kappa shape index (κ1) is 14.9. The number of hydrogen-bond donors (Lipinski definition) is 2. The molecule has 5 nitrogen and oxygen atoms in total. The van der Waals surface area contributed by atoms with E-state index in [1.165, 1.54) is 12.2 Å². The van der Waals surface area contributed by atoms with E-state index in [4.69, 9.17) is 15.9 Å². The molecule has 1 saturated carbocycles. The number of carboxylic acid groups (broad SMARTS) is 1. The number of nitrogens with one attached hydrogen (secondary N) is 1. The summed E-state index contributed by atoms with van der Waals surface area (Å²) in [4.78, 5) is 22.5. The molecule has 3 atom stereocenters. The quantitative estimate of drug-likeness (QED) is 0.619. The van der Waals surface area contributed by atoms with Crippen molar-refractivity contribution < 1.29 is 19.1 Å². The largest absolute Gasteiger partial charge is 0.480 e. The fourth-order valence-corrected chi connectivity index (χ4v) is 2.07. The van der Waals surface area contributed by atoms with Crippen LogP contribution in [0.3, 0.4) is 0 Å². The van der Waals surface area contributed by atoms with Crippen LogP contribution in [0.25, 0.3) is 6.08 Å². The van der Waals surface area contributed by atoms with Gasteiger partial charge in [0.2, 0.25) is 5.91 Å². The fraction of sp³-hybridized carbons (Fsp3) is 0.375. The Hall–Kier alpha value is -2.48. The van der Waals surface area contributed by atoms with Crippen LogP contribution in [0.1, 0.15) is 37.2 Å². The van der Waals surface area contributed by atoms with Crippen LogP contribution in [0, 0.1) is 18.3 Å². The maximum atomic E-state index is 11.6. The third-order valence-electron chi connectivity index (χ3n) is 3.46. The summed E-state index contributed by atoms with van der Waals surface area (Å²) in [5.41, 5.74) is 0. The average molecular weight is 287 g/mol. The van der Waals surface area contributed by atoms with Crippen molar-refractivity contribution in [1.82, 2.24) is 5.32 Å². The van der Waals surface area contributed by atoms with E-state index in [-0.39, 0.29) is 6.42 Å². The third-order valence-corrected chi connectivity index (χ3v) is 3.46. The Kier molecular flexibility index (Phi) is 4.49. The SMILES string of the molecule is C#CCC(NC(=O)/C=C/c1ccc(C2CC2C)o1)C(=O)O. The van der Waals surface area contributed by atoms with Crippen LogP contribution >= 0.6 is 0 Å².